The Morgan fingerprint density at radius 1 is 1.00 bits per heavy atom. The predicted octanol–water partition coefficient (Wildman–Crippen LogP) is 3.38. The average Bonchev–Trinajstić information content (AvgIpc) is 3.16. The number of aromatic amines is 1. The van der Waals surface area contributed by atoms with Gasteiger partial charge in [-0.05, 0) is 31.2 Å². The molecule has 0 aliphatic heterocycles. The summed E-state index contributed by atoms with van der Waals surface area (Å²) in [6, 6.07) is 22.1. The molecular weight excluding hydrogens is 378 g/mol. The van der Waals surface area contributed by atoms with E-state index in [2.05, 4.69) is 20.6 Å². The van der Waals surface area contributed by atoms with Crippen molar-refractivity contribution in [3.63, 3.8) is 0 Å². The molecule has 4 rings (SSSR count). The van der Waals surface area contributed by atoms with Crippen LogP contribution in [0.1, 0.15) is 22.8 Å². The van der Waals surface area contributed by atoms with Crippen LogP contribution in [0.3, 0.4) is 0 Å². The van der Waals surface area contributed by atoms with E-state index < -0.39 is 5.91 Å². The Morgan fingerprint density at radius 3 is 2.37 bits per heavy atom. The number of hydrazone groups is 1. The minimum absolute atomic E-state index is 0.253. The maximum Gasteiger partial charge on any atom is 0.281 e. The van der Waals surface area contributed by atoms with Gasteiger partial charge in [-0.1, -0.05) is 48.5 Å². The van der Waals surface area contributed by atoms with Gasteiger partial charge in [0.1, 0.15) is 0 Å². The fourth-order valence-electron chi connectivity index (χ4n) is 3.10. The second-order valence-electron chi connectivity index (χ2n) is 6.58. The molecule has 0 unspecified atom stereocenters. The lowest BCUT2D eigenvalue weighted by Crippen LogP contribution is -2.23. The lowest BCUT2D eigenvalue weighted by atomic mass is 10.1. The number of hydrogen-bond acceptors (Lipinski definition) is 4. The van der Waals surface area contributed by atoms with Gasteiger partial charge >= 0.3 is 0 Å². The highest BCUT2D eigenvalue weighted by molar-refractivity contribution is 6.04. The van der Waals surface area contributed by atoms with E-state index in [1.54, 1.807) is 25.3 Å². The quantitative estimate of drug-likeness (QED) is 0.399. The van der Waals surface area contributed by atoms with Crippen molar-refractivity contribution >= 4 is 11.6 Å². The van der Waals surface area contributed by atoms with E-state index in [1.807, 2.05) is 60.7 Å². The molecule has 0 saturated carbocycles. The molecule has 7 heteroatoms. The fourth-order valence-corrected chi connectivity index (χ4v) is 3.10. The Labute approximate surface area is 172 Å². The largest absolute Gasteiger partial charge is 0.290 e. The van der Waals surface area contributed by atoms with Gasteiger partial charge in [0.2, 0.25) is 0 Å². The molecular formula is C23H19N5O2. The maximum atomic E-state index is 13.2. The van der Waals surface area contributed by atoms with Crippen LogP contribution in [0.15, 0.2) is 95.1 Å². The molecule has 0 atom stereocenters. The fraction of sp³-hybridized carbons (Fsp3) is 0.0435. The number of pyridine rings is 1. The van der Waals surface area contributed by atoms with Crippen molar-refractivity contribution in [3.05, 3.63) is 107 Å². The molecule has 148 valence electrons. The molecule has 1 amide bonds. The topological polar surface area (TPSA) is 92.1 Å². The monoisotopic (exact) mass is 397 g/mol. The molecule has 0 spiro atoms. The van der Waals surface area contributed by atoms with E-state index in [0.717, 1.165) is 5.56 Å². The van der Waals surface area contributed by atoms with Crippen molar-refractivity contribution in [3.8, 4) is 16.9 Å². The van der Waals surface area contributed by atoms with E-state index in [4.69, 9.17) is 0 Å². The normalized spacial score (nSPS) is 11.3. The number of benzene rings is 2. The standard InChI is InChI=1S/C23H19N5O2/c1-16(25-26-22(29)18-11-8-14-24-15-18)20-21(17-9-4-2-5-10-17)27-28(23(20)30)19-12-6-3-7-13-19/h2-15,27H,1H3,(H,26,29). The molecule has 2 heterocycles. The molecule has 4 aromatic rings. The van der Waals surface area contributed by atoms with Crippen LogP contribution < -0.4 is 11.0 Å². The summed E-state index contributed by atoms with van der Waals surface area (Å²) in [5, 5.41) is 7.36. The molecule has 0 aliphatic carbocycles. The molecule has 0 fully saturated rings. The molecule has 0 aliphatic rings. The summed E-state index contributed by atoms with van der Waals surface area (Å²) in [4.78, 5) is 29.5. The van der Waals surface area contributed by atoms with Crippen LogP contribution in [0.5, 0.6) is 0 Å². The number of amides is 1. The van der Waals surface area contributed by atoms with Gasteiger partial charge in [0.15, 0.2) is 0 Å². The van der Waals surface area contributed by atoms with Crippen molar-refractivity contribution in [1.29, 1.82) is 0 Å². The van der Waals surface area contributed by atoms with Crippen LogP contribution in [0.25, 0.3) is 16.9 Å². The third-order valence-corrected chi connectivity index (χ3v) is 4.58. The molecule has 2 aromatic carbocycles. The van der Waals surface area contributed by atoms with Gasteiger partial charge in [0.25, 0.3) is 11.5 Å². The molecule has 0 bridgehead atoms. The van der Waals surface area contributed by atoms with E-state index in [-0.39, 0.29) is 5.56 Å². The third-order valence-electron chi connectivity index (χ3n) is 4.58. The highest BCUT2D eigenvalue weighted by Gasteiger charge is 2.19. The maximum absolute atomic E-state index is 13.2. The number of H-pyrrole nitrogens is 1. The van der Waals surface area contributed by atoms with Crippen molar-refractivity contribution in [1.82, 2.24) is 20.2 Å². The van der Waals surface area contributed by atoms with Gasteiger partial charge in [-0.15, -0.1) is 0 Å². The van der Waals surface area contributed by atoms with Crippen molar-refractivity contribution in [2.24, 2.45) is 5.10 Å². The van der Waals surface area contributed by atoms with Crippen LogP contribution in [-0.2, 0) is 0 Å². The van der Waals surface area contributed by atoms with Crippen LogP contribution in [0.2, 0.25) is 0 Å². The molecule has 0 saturated heterocycles. The van der Waals surface area contributed by atoms with E-state index >= 15 is 0 Å². The lowest BCUT2D eigenvalue weighted by Gasteiger charge is -2.04. The summed E-state index contributed by atoms with van der Waals surface area (Å²) >= 11 is 0. The number of nitrogens with one attached hydrogen (secondary N) is 2. The Balaban J connectivity index is 1.77. The second kappa shape index (κ2) is 8.40. The Morgan fingerprint density at radius 2 is 1.70 bits per heavy atom. The number of carbonyl (C=O) groups excluding carboxylic acids is 1. The second-order valence-corrected chi connectivity index (χ2v) is 6.58. The number of aromatic nitrogens is 3. The van der Waals surface area contributed by atoms with Crippen LogP contribution in [0.4, 0.5) is 0 Å². The van der Waals surface area contributed by atoms with Crippen molar-refractivity contribution in [2.75, 3.05) is 0 Å². The summed E-state index contributed by atoms with van der Waals surface area (Å²) in [7, 11) is 0. The minimum atomic E-state index is -0.400. The zero-order valence-corrected chi connectivity index (χ0v) is 16.2. The summed E-state index contributed by atoms with van der Waals surface area (Å²) in [6.07, 6.45) is 3.04. The first kappa shape index (κ1) is 19.1. The van der Waals surface area contributed by atoms with Gasteiger partial charge in [0.05, 0.1) is 28.2 Å². The van der Waals surface area contributed by atoms with Gasteiger partial charge in [-0.25, -0.2) is 10.1 Å². The van der Waals surface area contributed by atoms with Gasteiger partial charge in [0, 0.05) is 18.0 Å². The van der Waals surface area contributed by atoms with E-state index in [0.29, 0.717) is 28.2 Å². The first-order chi connectivity index (χ1) is 14.6. The van der Waals surface area contributed by atoms with E-state index in [9.17, 15) is 9.59 Å². The number of para-hydroxylation sites is 1. The number of nitrogens with zero attached hydrogens (tertiary/aromatic N) is 3. The van der Waals surface area contributed by atoms with Crippen molar-refractivity contribution in [2.45, 2.75) is 6.92 Å². The smallest absolute Gasteiger partial charge is 0.281 e. The zero-order chi connectivity index (χ0) is 20.9. The molecule has 0 radical (unpaired) electrons. The summed E-state index contributed by atoms with van der Waals surface area (Å²) < 4.78 is 1.47. The van der Waals surface area contributed by atoms with Crippen LogP contribution >= 0.6 is 0 Å². The molecule has 2 aromatic heterocycles. The highest BCUT2D eigenvalue weighted by atomic mass is 16.2. The van der Waals surface area contributed by atoms with Crippen LogP contribution in [-0.4, -0.2) is 26.4 Å². The first-order valence-corrected chi connectivity index (χ1v) is 9.36. The predicted molar refractivity (Wildman–Crippen MR) is 116 cm³/mol. The number of hydrogen-bond donors (Lipinski definition) is 2. The first-order valence-electron chi connectivity index (χ1n) is 9.36. The third kappa shape index (κ3) is 3.81. The van der Waals surface area contributed by atoms with Gasteiger partial charge in [-0.3, -0.25) is 19.7 Å². The molecule has 2 N–H and O–H groups in total. The average molecular weight is 397 g/mol. The molecule has 30 heavy (non-hydrogen) atoms. The lowest BCUT2D eigenvalue weighted by molar-refractivity contribution is 0.0954. The van der Waals surface area contributed by atoms with Gasteiger partial charge < -0.3 is 0 Å². The van der Waals surface area contributed by atoms with Crippen molar-refractivity contribution < 1.29 is 4.79 Å². The Hall–Kier alpha value is -4.26. The van der Waals surface area contributed by atoms with E-state index in [1.165, 1.54) is 10.9 Å². The summed E-state index contributed by atoms with van der Waals surface area (Å²) in [5.74, 6) is -0.400. The number of carbonyl (C=O) groups is 1. The SMILES string of the molecule is CC(=NNC(=O)c1cccnc1)c1c(-c2ccccc2)[nH]n(-c2ccccc2)c1=O. The molecule has 7 nitrogen and oxygen atoms in total. The van der Waals surface area contributed by atoms with Crippen LogP contribution in [0, 0.1) is 0 Å². The van der Waals surface area contributed by atoms with Gasteiger partial charge in [-0.2, -0.15) is 5.10 Å². The highest BCUT2D eigenvalue weighted by Crippen LogP contribution is 2.21. The Kier molecular flexibility index (Phi) is 5.34. The Bertz CT molecular complexity index is 1240. The summed E-state index contributed by atoms with van der Waals surface area (Å²) in [5.41, 5.74) is 5.58. The zero-order valence-electron chi connectivity index (χ0n) is 16.2. The minimum Gasteiger partial charge on any atom is -0.290 e. The number of rotatable bonds is 5. The summed E-state index contributed by atoms with van der Waals surface area (Å²) in [6.45, 7) is 1.69.